The molecule has 0 saturated heterocycles. The van der Waals surface area contributed by atoms with Crippen LogP contribution in [-0.2, 0) is 13.3 Å². The molecule has 0 saturated carbocycles. The van der Waals surface area contributed by atoms with Crippen LogP contribution in [0.5, 0.6) is 0 Å². The van der Waals surface area contributed by atoms with Crippen molar-refractivity contribution in [2.45, 2.75) is 59.4 Å². The maximum absolute atomic E-state index is 5.94. The van der Waals surface area contributed by atoms with Gasteiger partial charge in [-0.05, 0) is 19.3 Å². The van der Waals surface area contributed by atoms with E-state index in [4.69, 9.17) is 13.3 Å². The van der Waals surface area contributed by atoms with Gasteiger partial charge in [0.25, 0.3) is 0 Å². The van der Waals surface area contributed by atoms with Crippen LogP contribution in [0.25, 0.3) is 0 Å². The average molecular weight is 248 g/mol. The predicted molar refractivity (Wildman–Crippen MR) is 69.6 cm³/mol. The highest BCUT2D eigenvalue weighted by Gasteiger charge is 2.44. The summed E-state index contributed by atoms with van der Waals surface area (Å²) in [6.45, 7) is 12.8. The Kier molecular flexibility index (Phi) is 9.22. The van der Waals surface area contributed by atoms with Crippen LogP contribution in [0.2, 0.25) is 5.54 Å². The summed E-state index contributed by atoms with van der Waals surface area (Å²) in [4.78, 5) is 0. The predicted octanol–water partition coefficient (Wildman–Crippen LogP) is 3.62. The van der Waals surface area contributed by atoms with Gasteiger partial charge in [-0.15, -0.1) is 0 Å². The molecule has 0 rings (SSSR count). The summed E-state index contributed by atoms with van der Waals surface area (Å²) < 4.78 is 17.8. The first-order valence-corrected chi connectivity index (χ1v) is 8.35. The van der Waals surface area contributed by atoms with Crippen LogP contribution >= 0.6 is 0 Å². The minimum absolute atomic E-state index is 0.331. The van der Waals surface area contributed by atoms with Gasteiger partial charge in [-0.2, -0.15) is 0 Å². The van der Waals surface area contributed by atoms with Crippen molar-refractivity contribution in [3.05, 3.63) is 0 Å². The van der Waals surface area contributed by atoms with Gasteiger partial charge in [-0.3, -0.25) is 0 Å². The van der Waals surface area contributed by atoms with E-state index in [1.54, 1.807) is 0 Å². The van der Waals surface area contributed by atoms with Gasteiger partial charge < -0.3 is 13.3 Å². The molecule has 0 aromatic heterocycles. The van der Waals surface area contributed by atoms with Crippen molar-refractivity contribution < 1.29 is 13.3 Å². The SMILES string of the molecule is CCCO[Si](OCCC)(OCCC)C(C)C. The molecule has 0 aromatic rings. The zero-order valence-electron chi connectivity index (χ0n) is 11.5. The van der Waals surface area contributed by atoms with E-state index in [1.807, 2.05) is 0 Å². The highest BCUT2D eigenvalue weighted by atomic mass is 28.4. The van der Waals surface area contributed by atoms with Crippen LogP contribution in [-0.4, -0.2) is 28.6 Å². The van der Waals surface area contributed by atoms with Crippen LogP contribution in [0.1, 0.15) is 53.9 Å². The molecule has 98 valence electrons. The van der Waals surface area contributed by atoms with Gasteiger partial charge in [-0.25, -0.2) is 0 Å². The molecule has 0 bridgehead atoms. The van der Waals surface area contributed by atoms with E-state index in [0.717, 1.165) is 39.1 Å². The van der Waals surface area contributed by atoms with Crippen molar-refractivity contribution in [2.24, 2.45) is 0 Å². The Morgan fingerprint density at radius 2 is 1.06 bits per heavy atom. The molecule has 0 amide bonds. The largest absolute Gasteiger partial charge is 0.503 e. The number of rotatable bonds is 10. The van der Waals surface area contributed by atoms with Crippen molar-refractivity contribution in [2.75, 3.05) is 19.8 Å². The fraction of sp³-hybridized carbons (Fsp3) is 1.00. The van der Waals surface area contributed by atoms with Gasteiger partial charge in [0, 0.05) is 25.4 Å². The standard InChI is InChI=1S/C12H28O3Si/c1-6-9-13-16(12(4)5,14-10-7-2)15-11-8-3/h12H,6-11H2,1-5H3. The normalized spacial score (nSPS) is 12.4. The third-order valence-electron chi connectivity index (χ3n) is 2.23. The molecule has 4 heteroatoms. The van der Waals surface area contributed by atoms with E-state index in [2.05, 4.69) is 34.6 Å². The molecule has 0 aliphatic rings. The Labute approximate surface area is 102 Å². The van der Waals surface area contributed by atoms with Crippen LogP contribution in [0, 0.1) is 0 Å². The van der Waals surface area contributed by atoms with E-state index in [1.165, 1.54) is 0 Å². The van der Waals surface area contributed by atoms with Gasteiger partial charge in [0.2, 0.25) is 0 Å². The lowest BCUT2D eigenvalue weighted by Gasteiger charge is -2.32. The minimum atomic E-state index is -2.44. The molecule has 0 unspecified atom stereocenters. The first-order valence-electron chi connectivity index (χ1n) is 6.54. The first kappa shape index (κ1) is 16.1. The summed E-state index contributed by atoms with van der Waals surface area (Å²) in [5, 5.41) is 0. The second kappa shape index (κ2) is 9.16. The summed E-state index contributed by atoms with van der Waals surface area (Å²) in [6.07, 6.45) is 3.02. The zero-order valence-corrected chi connectivity index (χ0v) is 12.5. The van der Waals surface area contributed by atoms with Crippen molar-refractivity contribution >= 4 is 8.80 Å². The Morgan fingerprint density at radius 1 is 0.750 bits per heavy atom. The topological polar surface area (TPSA) is 27.7 Å². The zero-order chi connectivity index (χ0) is 12.4. The van der Waals surface area contributed by atoms with Crippen LogP contribution < -0.4 is 0 Å². The smallest absolute Gasteiger partial charge is 0.373 e. The Morgan fingerprint density at radius 3 is 1.25 bits per heavy atom. The molecule has 16 heavy (non-hydrogen) atoms. The third kappa shape index (κ3) is 5.43. The Hall–Kier alpha value is 0.0969. The number of hydrogen-bond donors (Lipinski definition) is 0. The molecule has 3 nitrogen and oxygen atoms in total. The van der Waals surface area contributed by atoms with Gasteiger partial charge in [0.15, 0.2) is 0 Å². The second-order valence-corrected chi connectivity index (χ2v) is 7.53. The summed E-state index contributed by atoms with van der Waals surface area (Å²) in [7, 11) is -2.44. The second-order valence-electron chi connectivity index (χ2n) is 4.30. The molecule has 0 aliphatic heterocycles. The maximum atomic E-state index is 5.94. The average Bonchev–Trinajstić information content (AvgIpc) is 2.28. The van der Waals surface area contributed by atoms with Crippen LogP contribution in [0.15, 0.2) is 0 Å². The maximum Gasteiger partial charge on any atom is 0.503 e. The van der Waals surface area contributed by atoms with Crippen molar-refractivity contribution in [3.63, 3.8) is 0 Å². The summed E-state index contributed by atoms with van der Waals surface area (Å²) in [6, 6.07) is 0. The van der Waals surface area contributed by atoms with Crippen molar-refractivity contribution in [1.29, 1.82) is 0 Å². The fourth-order valence-electron chi connectivity index (χ4n) is 1.36. The summed E-state index contributed by atoms with van der Waals surface area (Å²) in [5.41, 5.74) is 0.331. The molecule has 0 radical (unpaired) electrons. The highest BCUT2D eigenvalue weighted by molar-refractivity contribution is 6.62. The molecule has 0 atom stereocenters. The monoisotopic (exact) mass is 248 g/mol. The van der Waals surface area contributed by atoms with E-state index < -0.39 is 8.80 Å². The molecule has 0 heterocycles. The number of hydrogen-bond acceptors (Lipinski definition) is 3. The highest BCUT2D eigenvalue weighted by Crippen LogP contribution is 2.25. The lowest BCUT2D eigenvalue weighted by molar-refractivity contribution is 0.0524. The Bertz CT molecular complexity index is 141. The van der Waals surface area contributed by atoms with E-state index in [0.29, 0.717) is 5.54 Å². The van der Waals surface area contributed by atoms with Crippen LogP contribution in [0.4, 0.5) is 0 Å². The molecule has 0 spiro atoms. The van der Waals surface area contributed by atoms with E-state index in [-0.39, 0.29) is 0 Å². The summed E-state index contributed by atoms with van der Waals surface area (Å²) >= 11 is 0. The fourth-order valence-corrected chi connectivity index (χ4v) is 4.07. The van der Waals surface area contributed by atoms with Gasteiger partial charge in [0.1, 0.15) is 0 Å². The molecular weight excluding hydrogens is 220 g/mol. The third-order valence-corrected chi connectivity index (χ3v) is 5.46. The lowest BCUT2D eigenvalue weighted by Crippen LogP contribution is -2.49. The van der Waals surface area contributed by atoms with E-state index >= 15 is 0 Å². The quantitative estimate of drug-likeness (QED) is 0.553. The first-order chi connectivity index (χ1) is 7.63. The lowest BCUT2D eigenvalue weighted by atomic mass is 10.5. The molecule has 0 aliphatic carbocycles. The Balaban J connectivity index is 4.46. The summed E-state index contributed by atoms with van der Waals surface area (Å²) in [5.74, 6) is 0. The van der Waals surface area contributed by atoms with E-state index in [9.17, 15) is 0 Å². The van der Waals surface area contributed by atoms with Gasteiger partial charge >= 0.3 is 8.80 Å². The van der Waals surface area contributed by atoms with Crippen molar-refractivity contribution in [1.82, 2.24) is 0 Å². The van der Waals surface area contributed by atoms with Crippen LogP contribution in [0.3, 0.4) is 0 Å². The molecular formula is C12H28O3Si. The van der Waals surface area contributed by atoms with Gasteiger partial charge in [0.05, 0.1) is 0 Å². The van der Waals surface area contributed by atoms with Gasteiger partial charge in [-0.1, -0.05) is 34.6 Å². The van der Waals surface area contributed by atoms with Crippen molar-refractivity contribution in [3.8, 4) is 0 Å². The molecule has 0 fully saturated rings. The molecule has 0 N–H and O–H groups in total. The molecule has 0 aromatic carbocycles. The minimum Gasteiger partial charge on any atom is -0.373 e.